The molecule has 7 heteroatoms. The highest BCUT2D eigenvalue weighted by molar-refractivity contribution is 5.63. The number of nitrogens with one attached hydrogen (secondary N) is 1. The Labute approximate surface area is 107 Å². The normalized spacial score (nSPS) is 9.89. The predicted octanol–water partition coefficient (Wildman–Crippen LogP) is 1.53. The fourth-order valence-electron chi connectivity index (χ4n) is 1.60. The van der Waals surface area contributed by atoms with Crippen LogP contribution in [0.15, 0.2) is 29.2 Å². The van der Waals surface area contributed by atoms with Crippen molar-refractivity contribution in [2.45, 2.75) is 6.92 Å². The van der Waals surface area contributed by atoms with Crippen LogP contribution in [0.1, 0.15) is 11.3 Å². The maximum Gasteiger partial charge on any atom is 0.285 e. The highest BCUT2D eigenvalue weighted by Crippen LogP contribution is 2.24. The Morgan fingerprint density at radius 2 is 2.21 bits per heavy atom. The van der Waals surface area contributed by atoms with Gasteiger partial charge in [-0.05, 0) is 6.92 Å². The van der Waals surface area contributed by atoms with Crippen molar-refractivity contribution in [3.63, 3.8) is 0 Å². The number of nitrogens with zero attached hydrogens (tertiary/aromatic N) is 3. The summed E-state index contributed by atoms with van der Waals surface area (Å²) in [5.41, 5.74) is 0.410. The van der Waals surface area contributed by atoms with Crippen molar-refractivity contribution in [3.8, 4) is 17.3 Å². The molecule has 1 heterocycles. The molecule has 1 aromatic carbocycles. The minimum atomic E-state index is -0.622. The number of benzene rings is 1. The Balaban J connectivity index is 2.57. The van der Waals surface area contributed by atoms with Crippen LogP contribution >= 0.6 is 0 Å². The molecule has 0 aliphatic carbocycles. The van der Waals surface area contributed by atoms with Crippen LogP contribution in [0.2, 0.25) is 0 Å². The van der Waals surface area contributed by atoms with E-state index in [1.807, 2.05) is 0 Å². The predicted molar refractivity (Wildman–Crippen MR) is 66.4 cm³/mol. The number of rotatable bonds is 2. The number of hydrogen-bond acceptors (Lipinski definition) is 5. The van der Waals surface area contributed by atoms with Gasteiger partial charge >= 0.3 is 0 Å². The van der Waals surface area contributed by atoms with Crippen molar-refractivity contribution in [2.75, 3.05) is 0 Å². The minimum Gasteiger partial charge on any atom is -0.318 e. The van der Waals surface area contributed by atoms with Gasteiger partial charge in [0.25, 0.3) is 11.2 Å². The number of aromatic nitrogens is 2. The number of aromatic amines is 1. The summed E-state index contributed by atoms with van der Waals surface area (Å²) in [6.07, 6.45) is 1.30. The zero-order valence-corrected chi connectivity index (χ0v) is 9.88. The van der Waals surface area contributed by atoms with Crippen LogP contribution in [0.25, 0.3) is 11.3 Å². The standard InChI is InChI=1S/C12H8N4O3/c1-7-2-3-8(4-11(7)16(18)19)10-6-14-9(5-13)12(17)15-10/h2-4,6H,1H3,(H,15,17). The van der Waals surface area contributed by atoms with Gasteiger partial charge in [-0.1, -0.05) is 12.1 Å². The molecule has 1 N–H and O–H groups in total. The number of nitro groups is 1. The Hall–Kier alpha value is -3.01. The zero-order valence-electron chi connectivity index (χ0n) is 9.88. The molecule has 0 spiro atoms. The number of nitro benzene ring substituents is 1. The van der Waals surface area contributed by atoms with Gasteiger partial charge in [0.15, 0.2) is 0 Å². The SMILES string of the molecule is Cc1ccc(-c2cnc(C#N)c(=O)[nH]2)cc1[N+](=O)[O-]. The van der Waals surface area contributed by atoms with Crippen LogP contribution in [0.3, 0.4) is 0 Å². The summed E-state index contributed by atoms with van der Waals surface area (Å²) >= 11 is 0. The van der Waals surface area contributed by atoms with Crippen molar-refractivity contribution in [2.24, 2.45) is 0 Å². The van der Waals surface area contributed by atoms with Gasteiger partial charge in [-0.25, -0.2) is 4.98 Å². The highest BCUT2D eigenvalue weighted by atomic mass is 16.6. The van der Waals surface area contributed by atoms with Crippen molar-refractivity contribution < 1.29 is 4.92 Å². The van der Waals surface area contributed by atoms with Crippen LogP contribution in [0.4, 0.5) is 5.69 Å². The molecule has 0 unspecified atom stereocenters. The highest BCUT2D eigenvalue weighted by Gasteiger charge is 2.13. The molecule has 19 heavy (non-hydrogen) atoms. The summed E-state index contributed by atoms with van der Waals surface area (Å²) < 4.78 is 0. The summed E-state index contributed by atoms with van der Waals surface area (Å²) in [5.74, 6) is 0. The third-order valence-corrected chi connectivity index (χ3v) is 2.61. The van der Waals surface area contributed by atoms with E-state index in [0.29, 0.717) is 16.8 Å². The molecule has 0 bridgehead atoms. The quantitative estimate of drug-likeness (QED) is 0.646. The molecular formula is C12H8N4O3. The molecule has 0 aliphatic heterocycles. The van der Waals surface area contributed by atoms with Crippen LogP contribution in [-0.4, -0.2) is 14.9 Å². The average Bonchev–Trinajstić information content (AvgIpc) is 2.38. The smallest absolute Gasteiger partial charge is 0.285 e. The molecule has 2 rings (SSSR count). The molecule has 2 aromatic rings. The van der Waals surface area contributed by atoms with E-state index in [9.17, 15) is 14.9 Å². The van der Waals surface area contributed by atoms with E-state index in [4.69, 9.17) is 5.26 Å². The number of H-pyrrole nitrogens is 1. The first-order valence-electron chi connectivity index (χ1n) is 5.28. The lowest BCUT2D eigenvalue weighted by Crippen LogP contribution is -2.12. The average molecular weight is 256 g/mol. The van der Waals surface area contributed by atoms with Crippen molar-refractivity contribution in [1.82, 2.24) is 9.97 Å². The summed E-state index contributed by atoms with van der Waals surface area (Å²) in [6.45, 7) is 1.63. The number of aryl methyl sites for hydroxylation is 1. The van der Waals surface area contributed by atoms with E-state index in [1.165, 1.54) is 12.3 Å². The molecule has 0 radical (unpaired) electrons. The third-order valence-electron chi connectivity index (χ3n) is 2.61. The Morgan fingerprint density at radius 3 is 2.79 bits per heavy atom. The van der Waals surface area contributed by atoms with Gasteiger partial charge in [-0.2, -0.15) is 5.26 Å². The van der Waals surface area contributed by atoms with Gasteiger partial charge in [-0.15, -0.1) is 0 Å². The minimum absolute atomic E-state index is 0.0392. The lowest BCUT2D eigenvalue weighted by atomic mass is 10.1. The van der Waals surface area contributed by atoms with E-state index in [2.05, 4.69) is 9.97 Å². The summed E-state index contributed by atoms with van der Waals surface area (Å²) in [5, 5.41) is 19.5. The topological polar surface area (TPSA) is 113 Å². The third kappa shape index (κ3) is 2.32. The molecule has 0 aliphatic rings. The number of hydrogen-bond donors (Lipinski definition) is 1. The van der Waals surface area contributed by atoms with Gasteiger partial charge in [0.2, 0.25) is 5.69 Å². The molecule has 0 atom stereocenters. The molecule has 94 valence electrons. The lowest BCUT2D eigenvalue weighted by Gasteiger charge is -2.03. The van der Waals surface area contributed by atoms with Gasteiger partial charge in [0, 0.05) is 17.2 Å². The second kappa shape index (κ2) is 4.70. The molecule has 7 nitrogen and oxygen atoms in total. The van der Waals surface area contributed by atoms with Crippen molar-refractivity contribution in [3.05, 3.63) is 56.1 Å². The van der Waals surface area contributed by atoms with E-state index in [1.54, 1.807) is 25.1 Å². The first-order valence-corrected chi connectivity index (χ1v) is 5.28. The summed E-state index contributed by atoms with van der Waals surface area (Å²) in [7, 11) is 0. The molecule has 0 saturated heterocycles. The van der Waals surface area contributed by atoms with Crippen LogP contribution in [0.5, 0.6) is 0 Å². The lowest BCUT2D eigenvalue weighted by molar-refractivity contribution is -0.385. The van der Waals surface area contributed by atoms with E-state index in [-0.39, 0.29) is 11.4 Å². The zero-order chi connectivity index (χ0) is 14.0. The molecule has 0 saturated carbocycles. The molecular weight excluding hydrogens is 248 g/mol. The Kier molecular flexibility index (Phi) is 3.08. The van der Waals surface area contributed by atoms with Gasteiger partial charge in [-0.3, -0.25) is 14.9 Å². The fourth-order valence-corrected chi connectivity index (χ4v) is 1.60. The second-order valence-corrected chi connectivity index (χ2v) is 3.84. The summed E-state index contributed by atoms with van der Waals surface area (Å²) in [4.78, 5) is 28.0. The fraction of sp³-hybridized carbons (Fsp3) is 0.0833. The van der Waals surface area contributed by atoms with E-state index < -0.39 is 10.5 Å². The molecule has 0 amide bonds. The maximum absolute atomic E-state index is 11.5. The summed E-state index contributed by atoms with van der Waals surface area (Å²) in [6, 6.07) is 6.23. The van der Waals surface area contributed by atoms with Crippen molar-refractivity contribution >= 4 is 5.69 Å². The molecule has 1 aromatic heterocycles. The van der Waals surface area contributed by atoms with Crippen LogP contribution in [-0.2, 0) is 0 Å². The second-order valence-electron chi connectivity index (χ2n) is 3.84. The van der Waals surface area contributed by atoms with E-state index >= 15 is 0 Å². The Morgan fingerprint density at radius 1 is 1.47 bits per heavy atom. The van der Waals surface area contributed by atoms with Gasteiger partial charge < -0.3 is 4.98 Å². The molecule has 0 fully saturated rings. The first-order chi connectivity index (χ1) is 9.02. The Bertz CT molecular complexity index is 758. The van der Waals surface area contributed by atoms with Gasteiger partial charge in [0.1, 0.15) is 6.07 Å². The van der Waals surface area contributed by atoms with Crippen LogP contribution < -0.4 is 5.56 Å². The largest absolute Gasteiger partial charge is 0.318 e. The monoisotopic (exact) mass is 256 g/mol. The van der Waals surface area contributed by atoms with E-state index in [0.717, 1.165) is 0 Å². The van der Waals surface area contributed by atoms with Crippen molar-refractivity contribution in [1.29, 1.82) is 5.26 Å². The first kappa shape index (κ1) is 12.4. The van der Waals surface area contributed by atoms with Gasteiger partial charge in [0.05, 0.1) is 16.8 Å². The number of nitriles is 1. The van der Waals surface area contributed by atoms with Crippen LogP contribution in [0, 0.1) is 28.4 Å². The maximum atomic E-state index is 11.5.